The molecule has 4 nitrogen and oxygen atoms in total. The normalized spacial score (nSPS) is 10.0. The Morgan fingerprint density at radius 1 is 1.13 bits per heavy atom. The zero-order valence-corrected chi connectivity index (χ0v) is 8.64. The van der Waals surface area contributed by atoms with Gasteiger partial charge in [-0.3, -0.25) is 4.98 Å². The van der Waals surface area contributed by atoms with E-state index in [4.69, 9.17) is 4.74 Å². The summed E-state index contributed by atoms with van der Waals surface area (Å²) in [6, 6.07) is 6.11. The number of pyridine rings is 1. The van der Waals surface area contributed by atoms with E-state index in [2.05, 4.69) is 15.0 Å². The van der Waals surface area contributed by atoms with E-state index in [0.717, 1.165) is 17.0 Å². The van der Waals surface area contributed by atoms with Crippen molar-refractivity contribution in [2.75, 3.05) is 7.11 Å². The molecule has 0 spiro atoms. The van der Waals surface area contributed by atoms with Gasteiger partial charge in [0, 0.05) is 23.7 Å². The molecule has 2 aromatic rings. The van der Waals surface area contributed by atoms with Gasteiger partial charge in [-0.25, -0.2) is 4.98 Å². The molecule has 0 radical (unpaired) electrons. The quantitative estimate of drug-likeness (QED) is 0.744. The highest BCUT2D eigenvalue weighted by molar-refractivity contribution is 5.58. The van der Waals surface area contributed by atoms with E-state index in [1.807, 2.05) is 25.1 Å². The van der Waals surface area contributed by atoms with Crippen molar-refractivity contribution in [2.45, 2.75) is 6.92 Å². The summed E-state index contributed by atoms with van der Waals surface area (Å²) in [5.74, 6) is 0. The molecular weight excluding hydrogens is 190 g/mol. The molecule has 0 N–H and O–H groups in total. The minimum Gasteiger partial charge on any atom is -0.467 e. The van der Waals surface area contributed by atoms with Crippen molar-refractivity contribution in [3.8, 4) is 17.3 Å². The van der Waals surface area contributed by atoms with Crippen LogP contribution in [0, 0.1) is 6.92 Å². The van der Waals surface area contributed by atoms with Gasteiger partial charge in [0.05, 0.1) is 12.8 Å². The molecular formula is C11H11N3O. The number of nitrogens with zero attached hydrogens (tertiary/aromatic N) is 3. The van der Waals surface area contributed by atoms with Gasteiger partial charge < -0.3 is 4.74 Å². The van der Waals surface area contributed by atoms with Gasteiger partial charge in [-0.15, -0.1) is 0 Å². The summed E-state index contributed by atoms with van der Waals surface area (Å²) in [5.41, 5.74) is 2.74. The average Bonchev–Trinajstić information content (AvgIpc) is 2.29. The van der Waals surface area contributed by atoms with Crippen molar-refractivity contribution in [2.24, 2.45) is 0 Å². The lowest BCUT2D eigenvalue weighted by Gasteiger charge is -2.04. The molecule has 2 aromatic heterocycles. The first kappa shape index (κ1) is 9.58. The second kappa shape index (κ2) is 4.04. The van der Waals surface area contributed by atoms with Gasteiger partial charge in [0.1, 0.15) is 0 Å². The molecule has 2 rings (SSSR count). The van der Waals surface area contributed by atoms with Crippen molar-refractivity contribution in [3.63, 3.8) is 0 Å². The minimum atomic E-state index is 0.391. The van der Waals surface area contributed by atoms with E-state index in [0.29, 0.717) is 6.01 Å². The van der Waals surface area contributed by atoms with Crippen LogP contribution in [0.25, 0.3) is 11.3 Å². The fourth-order valence-electron chi connectivity index (χ4n) is 1.30. The van der Waals surface area contributed by atoms with Gasteiger partial charge in [0.15, 0.2) is 0 Å². The summed E-state index contributed by atoms with van der Waals surface area (Å²) in [5, 5.41) is 0. The molecule has 4 heteroatoms. The molecule has 0 aliphatic carbocycles. The maximum absolute atomic E-state index is 5.02. The largest absolute Gasteiger partial charge is 0.467 e. The van der Waals surface area contributed by atoms with Crippen LogP contribution in [0.2, 0.25) is 0 Å². The van der Waals surface area contributed by atoms with Crippen LogP contribution < -0.4 is 4.74 Å². The number of hydrogen-bond acceptors (Lipinski definition) is 4. The standard InChI is InChI=1S/C11H11N3O/c1-8-7-10(14-11(13-8)15-2)9-3-5-12-6-4-9/h3-7H,1-2H3. The molecule has 0 aromatic carbocycles. The van der Waals surface area contributed by atoms with Crippen molar-refractivity contribution in [1.82, 2.24) is 15.0 Å². The van der Waals surface area contributed by atoms with Crippen LogP contribution in [0.3, 0.4) is 0 Å². The zero-order chi connectivity index (χ0) is 10.7. The van der Waals surface area contributed by atoms with Crippen LogP contribution in [0.5, 0.6) is 6.01 Å². The zero-order valence-electron chi connectivity index (χ0n) is 8.64. The number of methoxy groups -OCH3 is 1. The van der Waals surface area contributed by atoms with Gasteiger partial charge in [-0.1, -0.05) is 0 Å². The van der Waals surface area contributed by atoms with Gasteiger partial charge in [0.25, 0.3) is 0 Å². The van der Waals surface area contributed by atoms with Crippen LogP contribution in [0.4, 0.5) is 0 Å². The Balaban J connectivity index is 2.49. The summed E-state index contributed by atoms with van der Waals surface area (Å²) in [6.07, 6.45) is 3.47. The summed E-state index contributed by atoms with van der Waals surface area (Å²) in [6.45, 7) is 1.91. The van der Waals surface area contributed by atoms with Crippen LogP contribution in [0.15, 0.2) is 30.6 Å². The van der Waals surface area contributed by atoms with Crippen LogP contribution in [-0.4, -0.2) is 22.1 Å². The lowest BCUT2D eigenvalue weighted by molar-refractivity contribution is 0.379. The third-order valence-electron chi connectivity index (χ3n) is 1.99. The van der Waals surface area contributed by atoms with E-state index < -0.39 is 0 Å². The molecule has 0 fully saturated rings. The summed E-state index contributed by atoms with van der Waals surface area (Å²) < 4.78 is 5.02. The minimum absolute atomic E-state index is 0.391. The predicted octanol–water partition coefficient (Wildman–Crippen LogP) is 1.86. The first-order valence-corrected chi connectivity index (χ1v) is 4.59. The summed E-state index contributed by atoms with van der Waals surface area (Å²) >= 11 is 0. The van der Waals surface area contributed by atoms with Crippen LogP contribution in [0.1, 0.15) is 5.69 Å². The maximum Gasteiger partial charge on any atom is 0.316 e. The Bertz CT molecular complexity index is 457. The third-order valence-corrected chi connectivity index (χ3v) is 1.99. The van der Waals surface area contributed by atoms with Crippen molar-refractivity contribution >= 4 is 0 Å². The van der Waals surface area contributed by atoms with Crippen LogP contribution >= 0.6 is 0 Å². The fraction of sp³-hybridized carbons (Fsp3) is 0.182. The third kappa shape index (κ3) is 2.10. The first-order chi connectivity index (χ1) is 7.29. The molecule has 76 valence electrons. The van der Waals surface area contributed by atoms with E-state index in [1.54, 1.807) is 19.5 Å². The molecule has 0 aliphatic heterocycles. The van der Waals surface area contributed by atoms with Gasteiger partial charge in [0.2, 0.25) is 0 Å². The second-order valence-electron chi connectivity index (χ2n) is 3.12. The first-order valence-electron chi connectivity index (χ1n) is 4.59. The van der Waals surface area contributed by atoms with Gasteiger partial charge in [-0.05, 0) is 25.1 Å². The Hall–Kier alpha value is -1.97. The highest BCUT2D eigenvalue weighted by atomic mass is 16.5. The maximum atomic E-state index is 5.02. The smallest absolute Gasteiger partial charge is 0.316 e. The van der Waals surface area contributed by atoms with Crippen molar-refractivity contribution < 1.29 is 4.74 Å². The summed E-state index contributed by atoms with van der Waals surface area (Å²) in [7, 11) is 1.56. The highest BCUT2D eigenvalue weighted by Gasteiger charge is 2.03. The number of ether oxygens (including phenoxy) is 1. The molecule has 2 heterocycles. The predicted molar refractivity (Wildman–Crippen MR) is 56.6 cm³/mol. The van der Waals surface area contributed by atoms with E-state index >= 15 is 0 Å². The topological polar surface area (TPSA) is 47.9 Å². The number of rotatable bonds is 2. The highest BCUT2D eigenvalue weighted by Crippen LogP contribution is 2.18. The van der Waals surface area contributed by atoms with E-state index in [1.165, 1.54) is 0 Å². The molecule has 0 atom stereocenters. The van der Waals surface area contributed by atoms with Gasteiger partial charge >= 0.3 is 6.01 Å². The number of aryl methyl sites for hydroxylation is 1. The van der Waals surface area contributed by atoms with Gasteiger partial charge in [-0.2, -0.15) is 4.98 Å². The monoisotopic (exact) mass is 201 g/mol. The SMILES string of the molecule is COc1nc(C)cc(-c2ccncc2)n1. The Morgan fingerprint density at radius 3 is 2.53 bits per heavy atom. The Morgan fingerprint density at radius 2 is 1.87 bits per heavy atom. The Labute approximate surface area is 88.0 Å². The molecule has 0 bridgehead atoms. The Kier molecular flexibility index (Phi) is 2.58. The molecule has 0 aliphatic rings. The lowest BCUT2D eigenvalue weighted by atomic mass is 10.2. The van der Waals surface area contributed by atoms with Crippen molar-refractivity contribution in [3.05, 3.63) is 36.3 Å². The van der Waals surface area contributed by atoms with Crippen LogP contribution in [-0.2, 0) is 0 Å². The van der Waals surface area contributed by atoms with E-state index in [9.17, 15) is 0 Å². The molecule has 0 saturated heterocycles. The lowest BCUT2D eigenvalue weighted by Crippen LogP contribution is -1.95. The fourth-order valence-corrected chi connectivity index (χ4v) is 1.30. The van der Waals surface area contributed by atoms with E-state index in [-0.39, 0.29) is 0 Å². The number of hydrogen-bond donors (Lipinski definition) is 0. The van der Waals surface area contributed by atoms with Crippen molar-refractivity contribution in [1.29, 1.82) is 0 Å². The molecule has 15 heavy (non-hydrogen) atoms. The molecule has 0 unspecified atom stereocenters. The second-order valence-corrected chi connectivity index (χ2v) is 3.12. The average molecular weight is 201 g/mol. The molecule has 0 saturated carbocycles. The number of aromatic nitrogens is 3. The molecule has 0 amide bonds. The summed E-state index contributed by atoms with van der Waals surface area (Å²) in [4.78, 5) is 12.4.